The number of fused-ring (bicyclic) bond motifs is 10. The minimum atomic E-state index is -1.55. The van der Waals surface area contributed by atoms with Crippen molar-refractivity contribution in [2.45, 2.75) is 124 Å². The summed E-state index contributed by atoms with van der Waals surface area (Å²) in [7, 11) is 1.65. The SMILES string of the molecule is CC.CN(Cc1c(O)ccc2nc3c(cc12)Cn1c-3cc2c(c1=O)COC(=O)C2O)C(=O)CCOCCOCCOCCOCCNC(=O)COC1CCC2C3CCC4CC(=O)CCC4(C)C3CCC12C. The summed E-state index contributed by atoms with van der Waals surface area (Å²) in [5.74, 6) is 1.96. The average molecular weight is 987 g/mol. The summed E-state index contributed by atoms with van der Waals surface area (Å²) >= 11 is 0. The molecule has 2 amide bonds. The number of aromatic nitrogens is 2. The number of rotatable bonds is 20. The number of ketones is 1. The van der Waals surface area contributed by atoms with Gasteiger partial charge in [-0.15, -0.1) is 0 Å². The fraction of sp³-hybridized carbons (Fsp3) is 0.667. The van der Waals surface area contributed by atoms with E-state index in [4.69, 9.17) is 33.4 Å². The van der Waals surface area contributed by atoms with Gasteiger partial charge in [0.2, 0.25) is 11.8 Å². The molecular formula is C54H74N4O13. The van der Waals surface area contributed by atoms with Crippen molar-refractivity contribution < 1.29 is 57.8 Å². The summed E-state index contributed by atoms with van der Waals surface area (Å²) in [4.78, 5) is 69.6. The monoisotopic (exact) mass is 987 g/mol. The number of hydrogen-bond donors (Lipinski definition) is 3. The quantitative estimate of drug-likeness (QED) is 0.0708. The predicted molar refractivity (Wildman–Crippen MR) is 262 cm³/mol. The Balaban J connectivity index is 0.00000334. The number of aliphatic hydroxyl groups excluding tert-OH is 1. The maximum Gasteiger partial charge on any atom is 0.340 e. The minimum absolute atomic E-state index is 0.00898. The number of amides is 2. The first-order valence-electron chi connectivity index (χ1n) is 26.0. The molecule has 4 aliphatic carbocycles. The van der Waals surface area contributed by atoms with Crippen LogP contribution >= 0.6 is 0 Å². The second-order valence-corrected chi connectivity index (χ2v) is 20.6. The van der Waals surface area contributed by atoms with Crippen molar-refractivity contribution in [2.24, 2.45) is 34.5 Å². The summed E-state index contributed by atoms with van der Waals surface area (Å²) in [5.41, 5.74) is 3.32. The molecule has 8 unspecified atom stereocenters. The number of aliphatic hydroxyl groups is 1. The molecule has 71 heavy (non-hydrogen) atoms. The van der Waals surface area contributed by atoms with Crippen molar-refractivity contribution in [1.29, 1.82) is 0 Å². The van der Waals surface area contributed by atoms with Gasteiger partial charge >= 0.3 is 5.97 Å². The van der Waals surface area contributed by atoms with Gasteiger partial charge in [-0.25, -0.2) is 9.78 Å². The fourth-order valence-corrected chi connectivity index (χ4v) is 13.0. The lowest BCUT2D eigenvalue weighted by molar-refractivity contribution is -0.157. The molecule has 2 aliphatic heterocycles. The number of benzene rings is 1. The number of phenolic OH excluding ortho intramolecular Hbond substituents is 1. The van der Waals surface area contributed by atoms with Crippen LogP contribution < -0.4 is 10.9 Å². The van der Waals surface area contributed by atoms with E-state index in [0.717, 1.165) is 37.7 Å². The molecule has 4 heterocycles. The molecule has 0 spiro atoms. The van der Waals surface area contributed by atoms with Crippen LogP contribution in [-0.4, -0.2) is 127 Å². The van der Waals surface area contributed by atoms with Gasteiger partial charge in [0.15, 0.2) is 6.10 Å². The summed E-state index contributed by atoms with van der Waals surface area (Å²) in [6, 6.07) is 6.67. The lowest BCUT2D eigenvalue weighted by atomic mass is 9.45. The van der Waals surface area contributed by atoms with Gasteiger partial charge in [-0.05, 0) is 104 Å². The zero-order valence-electron chi connectivity index (χ0n) is 42.3. The van der Waals surface area contributed by atoms with Crippen LogP contribution in [0.4, 0.5) is 0 Å². The molecule has 0 bridgehead atoms. The van der Waals surface area contributed by atoms with Gasteiger partial charge in [-0.2, -0.15) is 0 Å². The van der Waals surface area contributed by atoms with Gasteiger partial charge in [0, 0.05) is 55.1 Å². The molecule has 9 rings (SSSR count). The molecular weight excluding hydrogens is 913 g/mol. The molecule has 0 saturated heterocycles. The molecule has 17 nitrogen and oxygen atoms in total. The Morgan fingerprint density at radius 3 is 2.34 bits per heavy atom. The number of pyridine rings is 2. The Kier molecular flexibility index (Phi) is 17.0. The molecule has 4 fully saturated rings. The number of carbonyl (C=O) groups is 4. The lowest BCUT2D eigenvalue weighted by Gasteiger charge is -2.60. The van der Waals surface area contributed by atoms with Gasteiger partial charge in [0.25, 0.3) is 5.56 Å². The Hall–Kier alpha value is -4.78. The van der Waals surface area contributed by atoms with Crippen LogP contribution in [0.1, 0.15) is 120 Å². The molecule has 0 radical (unpaired) electrons. The molecule has 17 heteroatoms. The van der Waals surface area contributed by atoms with Crippen LogP contribution in [0.25, 0.3) is 22.3 Å². The lowest BCUT2D eigenvalue weighted by Crippen LogP contribution is -2.54. The number of ether oxygens (including phenoxy) is 6. The van der Waals surface area contributed by atoms with Gasteiger partial charge in [-0.3, -0.25) is 19.2 Å². The summed E-state index contributed by atoms with van der Waals surface area (Å²) in [6.07, 6.45) is 8.20. The van der Waals surface area contributed by atoms with Gasteiger partial charge in [-0.1, -0.05) is 27.7 Å². The highest BCUT2D eigenvalue weighted by molar-refractivity contribution is 5.89. The maximum atomic E-state index is 13.3. The maximum absolute atomic E-state index is 13.3. The van der Waals surface area contributed by atoms with E-state index in [2.05, 4.69) is 19.2 Å². The molecule has 3 N–H and O–H groups in total. The average Bonchev–Trinajstić information content (AvgIpc) is 3.90. The fourth-order valence-electron chi connectivity index (χ4n) is 13.0. The highest BCUT2D eigenvalue weighted by Crippen LogP contribution is 2.66. The Morgan fingerprint density at radius 1 is 0.887 bits per heavy atom. The number of phenols is 1. The molecule has 388 valence electrons. The highest BCUT2D eigenvalue weighted by Gasteiger charge is 2.60. The molecule has 6 aliphatic rings. The first kappa shape index (κ1) is 52.5. The third-order valence-electron chi connectivity index (χ3n) is 16.8. The summed E-state index contributed by atoms with van der Waals surface area (Å²) in [6.45, 7) is 12.2. The number of Topliss-reactive ketones (excluding diaryl/α,β-unsaturated/α-hetero) is 1. The van der Waals surface area contributed by atoms with E-state index in [1.165, 1.54) is 41.2 Å². The van der Waals surface area contributed by atoms with Crippen molar-refractivity contribution in [2.75, 3.05) is 73.1 Å². The Morgan fingerprint density at radius 2 is 1.59 bits per heavy atom. The number of nitrogens with one attached hydrogen (secondary N) is 1. The van der Waals surface area contributed by atoms with Crippen LogP contribution in [0.15, 0.2) is 29.1 Å². The number of esters is 1. The van der Waals surface area contributed by atoms with E-state index in [-0.39, 0.29) is 85.1 Å². The van der Waals surface area contributed by atoms with Crippen molar-refractivity contribution >= 4 is 34.5 Å². The number of hydrogen-bond acceptors (Lipinski definition) is 14. The zero-order chi connectivity index (χ0) is 50.5. The molecule has 8 atom stereocenters. The smallest absolute Gasteiger partial charge is 0.340 e. The topological polar surface area (TPSA) is 214 Å². The summed E-state index contributed by atoms with van der Waals surface area (Å²) < 4.78 is 35.3. The highest BCUT2D eigenvalue weighted by atomic mass is 16.6. The number of cyclic esters (lactones) is 1. The zero-order valence-corrected chi connectivity index (χ0v) is 42.3. The molecule has 1 aromatic carbocycles. The Bertz CT molecular complexity index is 2490. The van der Waals surface area contributed by atoms with Crippen molar-refractivity contribution in [3.63, 3.8) is 0 Å². The molecule has 4 saturated carbocycles. The van der Waals surface area contributed by atoms with Crippen molar-refractivity contribution in [1.82, 2.24) is 19.8 Å². The van der Waals surface area contributed by atoms with Crippen LogP contribution in [0.5, 0.6) is 5.75 Å². The van der Waals surface area contributed by atoms with E-state index in [1.807, 2.05) is 19.9 Å². The first-order chi connectivity index (χ1) is 34.3. The third kappa shape index (κ3) is 11.0. The number of aromatic hydroxyl groups is 1. The predicted octanol–water partition coefficient (Wildman–Crippen LogP) is 5.78. The van der Waals surface area contributed by atoms with E-state index < -0.39 is 12.1 Å². The molecule has 2 aromatic heterocycles. The first-order valence-corrected chi connectivity index (χ1v) is 26.0. The van der Waals surface area contributed by atoms with Crippen LogP contribution in [-0.2, 0) is 67.3 Å². The second kappa shape index (κ2) is 23.0. The van der Waals surface area contributed by atoms with E-state index in [1.54, 1.807) is 19.2 Å². The normalized spacial score (nSPS) is 27.0. The second-order valence-electron chi connectivity index (χ2n) is 20.6. The van der Waals surface area contributed by atoms with Crippen molar-refractivity contribution in [3.8, 4) is 17.1 Å². The van der Waals surface area contributed by atoms with Gasteiger partial charge < -0.3 is 53.4 Å². The Labute approximate surface area is 416 Å². The molecule has 3 aromatic rings. The largest absolute Gasteiger partial charge is 0.508 e. The number of carbonyl (C=O) groups excluding carboxylic acids is 4. The van der Waals surface area contributed by atoms with Gasteiger partial charge in [0.1, 0.15) is 24.7 Å². The van der Waals surface area contributed by atoms with Crippen molar-refractivity contribution in [3.05, 3.63) is 56.9 Å². The number of nitrogens with zero attached hydrogens (tertiary/aromatic N) is 3. The van der Waals surface area contributed by atoms with Crippen LogP contribution in [0.2, 0.25) is 0 Å². The summed E-state index contributed by atoms with van der Waals surface area (Å²) in [5, 5.41) is 24.8. The van der Waals surface area contributed by atoms with E-state index in [0.29, 0.717) is 116 Å². The van der Waals surface area contributed by atoms with E-state index in [9.17, 15) is 34.2 Å². The minimum Gasteiger partial charge on any atom is -0.508 e. The van der Waals surface area contributed by atoms with Crippen LogP contribution in [0, 0.1) is 34.5 Å². The van der Waals surface area contributed by atoms with Crippen LogP contribution in [0.3, 0.4) is 0 Å². The van der Waals surface area contributed by atoms with Gasteiger partial charge in [0.05, 0.1) is 94.4 Å². The standard InChI is InChI=1S/C52H68N4O13.C2H6/c1-51-13-10-33(57)25-32(51)4-5-34-39-6-9-44(52(39,2)14-11-40(34)51)68-30-45(59)53-15-17-65-19-21-67-23-22-66-20-18-64-16-12-46(60)55(3)28-37-35-24-31-27-56-42(47(31)54-41(35)7-8-43(37)58)26-36-38(49(56)62)29-69-50(63)48(36)61;1-2/h7-8,24,26,32,34,39-40,44,48,58,61H,4-6,9-23,25,27-30H2,1-3H3,(H,53,59);1-2H3. The third-order valence-corrected chi connectivity index (χ3v) is 16.8. The van der Waals surface area contributed by atoms with E-state index >= 15 is 0 Å².